The fourth-order valence-corrected chi connectivity index (χ4v) is 6.01. The lowest BCUT2D eigenvalue weighted by molar-refractivity contribution is -0.124. The Balaban J connectivity index is 1.47. The fraction of sp³-hybridized carbons (Fsp3) is 0.368. The molecule has 3 unspecified atom stereocenters. The Morgan fingerprint density at radius 3 is 2.92 bits per heavy atom. The number of nitrogens with one attached hydrogen (secondary N) is 1. The van der Waals surface area contributed by atoms with Crippen molar-refractivity contribution in [3.63, 3.8) is 0 Å². The molecule has 24 heavy (non-hydrogen) atoms. The molecule has 1 aromatic heterocycles. The molecule has 3 aliphatic rings. The van der Waals surface area contributed by atoms with Crippen molar-refractivity contribution in [2.75, 3.05) is 0 Å². The highest BCUT2D eigenvalue weighted by Gasteiger charge is 2.47. The van der Waals surface area contributed by atoms with Crippen LogP contribution in [0.5, 0.6) is 0 Å². The van der Waals surface area contributed by atoms with Crippen LogP contribution in [-0.4, -0.2) is 26.2 Å². The van der Waals surface area contributed by atoms with Crippen molar-refractivity contribution in [3.05, 3.63) is 40.9 Å². The maximum Gasteiger partial charge on any atom is 0.266 e. The highest BCUT2D eigenvalue weighted by Crippen LogP contribution is 2.49. The normalized spacial score (nSPS) is 31.1. The summed E-state index contributed by atoms with van der Waals surface area (Å²) in [5.74, 6) is 1.57. The molecule has 3 fully saturated rings. The number of H-pyrrole nitrogens is 1. The number of carbonyl (C=O) groups excluding carboxylic acids is 1. The third kappa shape index (κ3) is 2.18. The van der Waals surface area contributed by atoms with Crippen molar-refractivity contribution in [1.29, 1.82) is 0 Å². The van der Waals surface area contributed by atoms with Gasteiger partial charge in [-0.3, -0.25) is 9.69 Å². The number of nitrogens with zero attached hydrogens (tertiary/aromatic N) is 1. The Morgan fingerprint density at radius 1 is 1.25 bits per heavy atom. The topological polar surface area (TPSA) is 36.1 Å². The molecule has 3 atom stereocenters. The SMILES string of the molecule is O=C1/C(=C/c2c[nH]c3ccccc23)SC(=S)N1C1CC2CCC1C2. The molecule has 1 aliphatic heterocycles. The zero-order chi connectivity index (χ0) is 16.3. The monoisotopic (exact) mass is 354 g/mol. The third-order valence-electron chi connectivity index (χ3n) is 5.76. The van der Waals surface area contributed by atoms with E-state index in [0.29, 0.717) is 12.0 Å². The molecule has 2 aromatic rings. The summed E-state index contributed by atoms with van der Waals surface area (Å²) < 4.78 is 0.739. The van der Waals surface area contributed by atoms with E-state index >= 15 is 0 Å². The summed E-state index contributed by atoms with van der Waals surface area (Å²) in [4.78, 5) is 18.9. The number of aromatic nitrogens is 1. The summed E-state index contributed by atoms with van der Waals surface area (Å²) in [5, 5.41) is 1.14. The van der Waals surface area contributed by atoms with Crippen LogP contribution in [-0.2, 0) is 4.79 Å². The summed E-state index contributed by atoms with van der Waals surface area (Å²) in [7, 11) is 0. The molecule has 2 bridgehead atoms. The number of benzene rings is 1. The smallest absolute Gasteiger partial charge is 0.266 e. The van der Waals surface area contributed by atoms with Crippen molar-refractivity contribution in [2.24, 2.45) is 11.8 Å². The van der Waals surface area contributed by atoms with Crippen LogP contribution < -0.4 is 0 Å². The lowest BCUT2D eigenvalue weighted by Gasteiger charge is -2.30. The predicted molar refractivity (Wildman–Crippen MR) is 103 cm³/mol. The fourth-order valence-electron chi connectivity index (χ4n) is 4.65. The van der Waals surface area contributed by atoms with Gasteiger partial charge in [0.1, 0.15) is 4.32 Å². The van der Waals surface area contributed by atoms with Gasteiger partial charge in [0, 0.05) is 28.7 Å². The van der Waals surface area contributed by atoms with Gasteiger partial charge in [-0.2, -0.15) is 0 Å². The van der Waals surface area contributed by atoms with E-state index in [9.17, 15) is 4.79 Å². The maximum absolute atomic E-state index is 13.0. The second-order valence-corrected chi connectivity index (χ2v) is 8.76. The van der Waals surface area contributed by atoms with Crippen molar-refractivity contribution in [3.8, 4) is 0 Å². The molecule has 2 aliphatic carbocycles. The Labute approximate surface area is 150 Å². The number of thioether (sulfide) groups is 1. The lowest BCUT2D eigenvalue weighted by atomic mass is 9.94. The zero-order valence-electron chi connectivity index (χ0n) is 13.2. The van der Waals surface area contributed by atoms with Gasteiger partial charge in [0.15, 0.2) is 0 Å². The molecule has 5 rings (SSSR count). The summed E-state index contributed by atoms with van der Waals surface area (Å²) in [6, 6.07) is 8.50. The van der Waals surface area contributed by atoms with Crippen LogP contribution in [0.4, 0.5) is 0 Å². The highest BCUT2D eigenvalue weighted by molar-refractivity contribution is 8.26. The van der Waals surface area contributed by atoms with Crippen molar-refractivity contribution < 1.29 is 4.79 Å². The van der Waals surface area contributed by atoms with Gasteiger partial charge in [-0.05, 0) is 43.2 Å². The quantitative estimate of drug-likeness (QED) is 0.634. The molecule has 1 amide bonds. The molecular formula is C19H18N2OS2. The third-order valence-corrected chi connectivity index (χ3v) is 7.09. The average Bonchev–Trinajstić information content (AvgIpc) is 3.33. The Morgan fingerprint density at radius 2 is 2.12 bits per heavy atom. The van der Waals surface area contributed by atoms with Crippen LogP contribution in [0.25, 0.3) is 17.0 Å². The zero-order valence-corrected chi connectivity index (χ0v) is 14.8. The largest absolute Gasteiger partial charge is 0.361 e. The minimum Gasteiger partial charge on any atom is -0.361 e. The van der Waals surface area contributed by atoms with Gasteiger partial charge in [-0.1, -0.05) is 48.6 Å². The average molecular weight is 355 g/mol. The molecule has 1 saturated heterocycles. The minimum atomic E-state index is 0.104. The first-order valence-electron chi connectivity index (χ1n) is 8.54. The van der Waals surface area contributed by atoms with E-state index in [1.165, 1.54) is 31.0 Å². The first-order chi connectivity index (χ1) is 11.7. The van der Waals surface area contributed by atoms with Gasteiger partial charge in [0.2, 0.25) is 0 Å². The minimum absolute atomic E-state index is 0.104. The van der Waals surface area contributed by atoms with E-state index in [4.69, 9.17) is 12.2 Å². The molecular weight excluding hydrogens is 336 g/mol. The van der Waals surface area contributed by atoms with E-state index in [1.807, 2.05) is 35.4 Å². The van der Waals surface area contributed by atoms with Gasteiger partial charge < -0.3 is 4.98 Å². The number of thiocarbonyl (C=S) groups is 1. The van der Waals surface area contributed by atoms with E-state index < -0.39 is 0 Å². The number of aromatic amines is 1. The highest BCUT2D eigenvalue weighted by atomic mass is 32.2. The van der Waals surface area contributed by atoms with E-state index in [0.717, 1.165) is 38.0 Å². The van der Waals surface area contributed by atoms with Gasteiger partial charge in [0.05, 0.1) is 4.91 Å². The summed E-state index contributed by atoms with van der Waals surface area (Å²) >= 11 is 7.02. The van der Waals surface area contributed by atoms with Gasteiger partial charge in [-0.15, -0.1) is 0 Å². The number of amides is 1. The van der Waals surface area contributed by atoms with Gasteiger partial charge in [0.25, 0.3) is 5.91 Å². The second-order valence-electron chi connectivity index (χ2n) is 7.08. The lowest BCUT2D eigenvalue weighted by Crippen LogP contribution is -2.41. The summed E-state index contributed by atoms with van der Waals surface area (Å²) in [5.41, 5.74) is 2.14. The molecule has 2 saturated carbocycles. The number of carbonyl (C=O) groups is 1. The number of para-hydroxylation sites is 1. The second kappa shape index (κ2) is 5.46. The first-order valence-corrected chi connectivity index (χ1v) is 9.76. The molecule has 1 aromatic carbocycles. The number of rotatable bonds is 2. The van der Waals surface area contributed by atoms with Crippen LogP contribution in [0.1, 0.15) is 31.2 Å². The van der Waals surface area contributed by atoms with E-state index in [2.05, 4.69) is 11.1 Å². The van der Waals surface area contributed by atoms with Gasteiger partial charge in [-0.25, -0.2) is 0 Å². The van der Waals surface area contributed by atoms with E-state index in [1.54, 1.807) is 0 Å². The number of hydrogen-bond acceptors (Lipinski definition) is 3. The Bertz CT molecular complexity index is 884. The molecule has 0 radical (unpaired) electrons. The van der Waals surface area contributed by atoms with Crippen molar-refractivity contribution in [1.82, 2.24) is 9.88 Å². The predicted octanol–water partition coefficient (Wildman–Crippen LogP) is 4.56. The molecule has 122 valence electrons. The summed E-state index contributed by atoms with van der Waals surface area (Å²) in [6.07, 6.45) is 8.97. The molecule has 5 heteroatoms. The van der Waals surface area contributed by atoms with Crippen LogP contribution in [0.15, 0.2) is 35.4 Å². The van der Waals surface area contributed by atoms with Crippen molar-refractivity contribution in [2.45, 2.75) is 31.7 Å². The molecule has 0 spiro atoms. The number of fused-ring (bicyclic) bond motifs is 3. The van der Waals surface area contributed by atoms with Crippen LogP contribution >= 0.6 is 24.0 Å². The first kappa shape index (κ1) is 14.7. The Hall–Kier alpha value is -1.59. The van der Waals surface area contributed by atoms with Crippen LogP contribution in [0.2, 0.25) is 0 Å². The maximum atomic E-state index is 13.0. The van der Waals surface area contributed by atoms with Crippen LogP contribution in [0, 0.1) is 11.8 Å². The molecule has 1 N–H and O–H groups in total. The van der Waals surface area contributed by atoms with Crippen LogP contribution in [0.3, 0.4) is 0 Å². The molecule has 2 heterocycles. The van der Waals surface area contributed by atoms with Crippen molar-refractivity contribution >= 4 is 51.2 Å². The van der Waals surface area contributed by atoms with Gasteiger partial charge >= 0.3 is 0 Å². The van der Waals surface area contributed by atoms with E-state index in [-0.39, 0.29) is 5.91 Å². The molecule has 3 nitrogen and oxygen atoms in total. The standard InChI is InChI=1S/C19H18N2OS2/c22-18-17(9-13-10-20-15-4-2-1-3-14(13)15)24-19(23)21(18)16-8-11-5-6-12(16)7-11/h1-4,9-12,16,20H,5-8H2/b17-9-. The Kier molecular flexibility index (Phi) is 3.35. The summed E-state index contributed by atoms with van der Waals surface area (Å²) in [6.45, 7) is 0. The number of hydrogen-bond donors (Lipinski definition) is 1.